The molecule has 1 aliphatic rings. The van der Waals surface area contributed by atoms with E-state index >= 15 is 0 Å². The molecule has 2 heterocycles. The average Bonchev–Trinajstić information content (AvgIpc) is 3.35. The number of likely N-dealkylation sites (tertiary alicyclic amines) is 1. The van der Waals surface area contributed by atoms with Gasteiger partial charge in [-0.25, -0.2) is 4.79 Å². The summed E-state index contributed by atoms with van der Waals surface area (Å²) in [6.07, 6.45) is 2.06. The predicted molar refractivity (Wildman–Crippen MR) is 119 cm³/mol. The highest BCUT2D eigenvalue weighted by Gasteiger charge is 2.46. The summed E-state index contributed by atoms with van der Waals surface area (Å²) in [6.45, 7) is 1.10. The molecule has 0 bridgehead atoms. The molecule has 1 unspecified atom stereocenters. The number of rotatable bonds is 7. The lowest BCUT2D eigenvalue weighted by Gasteiger charge is -2.44. The van der Waals surface area contributed by atoms with Crippen molar-refractivity contribution >= 4 is 11.9 Å². The summed E-state index contributed by atoms with van der Waals surface area (Å²) in [7, 11) is 1.94. The Labute approximate surface area is 208 Å². The van der Waals surface area contributed by atoms with Gasteiger partial charge in [0.2, 0.25) is 11.6 Å². The summed E-state index contributed by atoms with van der Waals surface area (Å²) in [4.78, 5) is 25.6. The Balaban J connectivity index is 0.00000324. The topological polar surface area (TPSA) is 116 Å². The standard InChI is InChI=1S/C25H27N3O5.BrH/c1-28(22(23(26)29)21-14-17-32-27-21)15-12-20(13-16-28)33-24(30)25(31,18-8-4-2-5-9-18)19-10-6-3-7-11-19;/h2-11,14,17,20,22,31H,12-13,15-16H2,1H3,(H-,26,29);1H. The normalized spacial score (nSPS) is 21.2. The zero-order valence-electron chi connectivity index (χ0n) is 18.8. The molecule has 1 saturated heterocycles. The summed E-state index contributed by atoms with van der Waals surface area (Å²) >= 11 is 0. The Hall–Kier alpha value is -3.01. The minimum Gasteiger partial charge on any atom is -1.00 e. The van der Waals surface area contributed by atoms with E-state index in [4.69, 9.17) is 15.0 Å². The van der Waals surface area contributed by atoms with E-state index in [9.17, 15) is 14.7 Å². The third-order valence-corrected chi connectivity index (χ3v) is 6.51. The van der Waals surface area contributed by atoms with E-state index in [1.54, 1.807) is 54.6 Å². The van der Waals surface area contributed by atoms with E-state index < -0.39 is 29.6 Å². The third-order valence-electron chi connectivity index (χ3n) is 6.51. The maximum atomic E-state index is 13.4. The maximum absolute atomic E-state index is 13.4. The Morgan fingerprint density at radius 1 is 1.06 bits per heavy atom. The number of hydrogen-bond acceptors (Lipinski definition) is 6. The Kier molecular flexibility index (Phi) is 7.91. The number of aliphatic hydroxyl groups is 1. The number of aromatic nitrogens is 1. The first-order chi connectivity index (χ1) is 15.8. The quantitative estimate of drug-likeness (QED) is 0.308. The van der Waals surface area contributed by atoms with Crippen LogP contribution >= 0.6 is 0 Å². The summed E-state index contributed by atoms with van der Waals surface area (Å²) in [5.41, 5.74) is 5.14. The van der Waals surface area contributed by atoms with Gasteiger partial charge in [0, 0.05) is 18.9 Å². The van der Waals surface area contributed by atoms with Crippen molar-refractivity contribution in [3.8, 4) is 0 Å². The molecule has 0 radical (unpaired) electrons. The largest absolute Gasteiger partial charge is 1.00 e. The number of esters is 1. The molecule has 9 heteroatoms. The lowest BCUT2D eigenvalue weighted by atomic mass is 9.86. The number of primary amides is 1. The van der Waals surface area contributed by atoms with Gasteiger partial charge < -0.3 is 41.6 Å². The van der Waals surface area contributed by atoms with E-state index in [1.807, 2.05) is 19.2 Å². The predicted octanol–water partition coefficient (Wildman–Crippen LogP) is -0.707. The van der Waals surface area contributed by atoms with Crippen LogP contribution in [0.4, 0.5) is 0 Å². The maximum Gasteiger partial charge on any atom is 0.347 e. The average molecular weight is 530 g/mol. The second-order valence-electron chi connectivity index (χ2n) is 8.70. The van der Waals surface area contributed by atoms with Crippen LogP contribution in [0.1, 0.15) is 35.7 Å². The first kappa shape index (κ1) is 25.6. The number of nitrogens with two attached hydrogens (primary N) is 1. The fourth-order valence-electron chi connectivity index (χ4n) is 4.64. The third kappa shape index (κ3) is 4.91. The highest BCUT2D eigenvalue weighted by Crippen LogP contribution is 2.35. The number of hydrogen-bond donors (Lipinski definition) is 2. The highest BCUT2D eigenvalue weighted by atomic mass is 79.9. The SMILES string of the molecule is C[N+]1(C(C(N)=O)c2ccon2)CCC(OC(=O)C(O)(c2ccccc2)c2ccccc2)CC1.[Br-]. The summed E-state index contributed by atoms with van der Waals surface area (Å²) in [5, 5.41) is 15.5. The number of halogens is 1. The number of carbonyl (C=O) groups excluding carboxylic acids is 2. The molecule has 4 rings (SSSR count). The van der Waals surface area contributed by atoms with Crippen LogP contribution in [0.3, 0.4) is 0 Å². The van der Waals surface area contributed by atoms with Crippen LogP contribution in [-0.2, 0) is 19.9 Å². The second-order valence-corrected chi connectivity index (χ2v) is 8.70. The smallest absolute Gasteiger partial charge is 0.347 e. The van der Waals surface area contributed by atoms with Crippen LogP contribution in [0, 0.1) is 0 Å². The molecule has 1 aliphatic heterocycles. The number of benzene rings is 2. The van der Waals surface area contributed by atoms with Crippen molar-refractivity contribution in [2.45, 2.75) is 30.6 Å². The minimum absolute atomic E-state index is 0. The van der Waals surface area contributed by atoms with Gasteiger partial charge in [0.1, 0.15) is 12.4 Å². The van der Waals surface area contributed by atoms with Crippen LogP contribution in [0.5, 0.6) is 0 Å². The number of piperidine rings is 1. The van der Waals surface area contributed by atoms with Gasteiger partial charge >= 0.3 is 5.97 Å². The van der Waals surface area contributed by atoms with Crippen LogP contribution in [0.25, 0.3) is 0 Å². The van der Waals surface area contributed by atoms with Gasteiger partial charge in [0.15, 0.2) is 5.69 Å². The zero-order chi connectivity index (χ0) is 23.5. The highest BCUT2D eigenvalue weighted by molar-refractivity contribution is 5.85. The van der Waals surface area contributed by atoms with Gasteiger partial charge in [0.25, 0.3) is 5.91 Å². The van der Waals surface area contributed by atoms with Crippen molar-refractivity contribution in [2.24, 2.45) is 5.73 Å². The number of likely N-dealkylation sites (N-methyl/N-ethyl adjacent to an activating group) is 1. The molecular weight excluding hydrogens is 502 g/mol. The van der Waals surface area contributed by atoms with Crippen molar-refractivity contribution in [1.82, 2.24) is 5.16 Å². The first-order valence-corrected chi connectivity index (χ1v) is 10.9. The van der Waals surface area contributed by atoms with E-state index in [1.165, 1.54) is 6.26 Å². The molecule has 1 amide bonds. The molecule has 8 nitrogen and oxygen atoms in total. The van der Waals surface area contributed by atoms with E-state index in [0.717, 1.165) is 0 Å². The molecule has 3 aromatic rings. The number of carbonyl (C=O) groups is 2. The fourth-order valence-corrected chi connectivity index (χ4v) is 4.64. The fraction of sp³-hybridized carbons (Fsp3) is 0.320. The Morgan fingerprint density at radius 3 is 2.03 bits per heavy atom. The monoisotopic (exact) mass is 529 g/mol. The molecule has 1 atom stereocenters. The van der Waals surface area contributed by atoms with Crippen LogP contribution in [0.2, 0.25) is 0 Å². The van der Waals surface area contributed by atoms with E-state index in [0.29, 0.717) is 47.2 Å². The molecule has 34 heavy (non-hydrogen) atoms. The summed E-state index contributed by atoms with van der Waals surface area (Å²) < 4.78 is 11.1. The number of nitrogens with zero attached hydrogens (tertiary/aromatic N) is 2. The van der Waals surface area contributed by atoms with Crippen molar-refractivity contribution in [3.05, 3.63) is 89.8 Å². The van der Waals surface area contributed by atoms with Crippen LogP contribution < -0.4 is 22.7 Å². The number of ether oxygens (including phenoxy) is 1. The van der Waals surface area contributed by atoms with Crippen molar-refractivity contribution < 1.29 is 45.4 Å². The van der Waals surface area contributed by atoms with E-state index in [2.05, 4.69) is 5.16 Å². The van der Waals surface area contributed by atoms with Crippen LogP contribution in [0.15, 0.2) is 77.5 Å². The molecule has 0 spiro atoms. The summed E-state index contributed by atoms with van der Waals surface area (Å²) in [6, 6.07) is 18.6. The summed E-state index contributed by atoms with van der Waals surface area (Å²) in [5.74, 6) is -1.20. The first-order valence-electron chi connectivity index (χ1n) is 10.9. The van der Waals surface area contributed by atoms with Gasteiger partial charge in [-0.15, -0.1) is 0 Å². The van der Waals surface area contributed by atoms with Gasteiger partial charge in [-0.3, -0.25) is 4.79 Å². The molecule has 2 aromatic carbocycles. The second kappa shape index (κ2) is 10.5. The lowest BCUT2D eigenvalue weighted by molar-refractivity contribution is -0.935. The molecule has 3 N–H and O–H groups in total. The van der Waals surface area contributed by atoms with Crippen molar-refractivity contribution in [3.63, 3.8) is 0 Å². The molecule has 1 fully saturated rings. The van der Waals surface area contributed by atoms with Crippen LogP contribution in [-0.4, -0.2) is 52.9 Å². The van der Waals surface area contributed by atoms with Crippen molar-refractivity contribution in [1.29, 1.82) is 0 Å². The molecule has 1 aromatic heterocycles. The van der Waals surface area contributed by atoms with Gasteiger partial charge in [-0.05, 0) is 11.1 Å². The molecule has 0 saturated carbocycles. The van der Waals surface area contributed by atoms with E-state index in [-0.39, 0.29) is 17.0 Å². The Morgan fingerprint density at radius 2 is 1.59 bits per heavy atom. The van der Waals surface area contributed by atoms with Gasteiger partial charge in [0.05, 0.1) is 20.1 Å². The molecule has 0 aliphatic carbocycles. The minimum atomic E-state index is -1.92. The van der Waals surface area contributed by atoms with Crippen molar-refractivity contribution in [2.75, 3.05) is 20.1 Å². The van der Waals surface area contributed by atoms with Gasteiger partial charge in [-0.2, -0.15) is 0 Å². The Bertz CT molecular complexity index is 1040. The zero-order valence-corrected chi connectivity index (χ0v) is 20.4. The number of amides is 1. The molecular formula is C25H28BrN3O5. The molecule has 180 valence electrons. The lowest BCUT2D eigenvalue weighted by Crippen LogP contribution is -3.00. The van der Waals surface area contributed by atoms with Gasteiger partial charge in [-0.1, -0.05) is 65.8 Å². The number of quaternary nitrogens is 1.